The van der Waals surface area contributed by atoms with Gasteiger partial charge in [-0.25, -0.2) is 4.79 Å². The highest BCUT2D eigenvalue weighted by atomic mass is 16.3. The lowest BCUT2D eigenvalue weighted by molar-refractivity contribution is 0.184. The quantitative estimate of drug-likeness (QED) is 0.704. The molecule has 1 unspecified atom stereocenters. The Hall–Kier alpha value is -0.810. The van der Waals surface area contributed by atoms with Crippen molar-refractivity contribution in [1.29, 1.82) is 0 Å². The smallest absolute Gasteiger partial charge is 0.315 e. The van der Waals surface area contributed by atoms with Crippen LogP contribution in [0.25, 0.3) is 0 Å². The summed E-state index contributed by atoms with van der Waals surface area (Å²) in [6, 6.07) is -0.0446. The minimum atomic E-state index is -0.176. The van der Waals surface area contributed by atoms with Crippen molar-refractivity contribution in [2.45, 2.75) is 65.0 Å². The Morgan fingerprint density at radius 1 is 1.23 bits per heavy atom. The van der Waals surface area contributed by atoms with Gasteiger partial charge in [-0.3, -0.25) is 0 Å². The van der Waals surface area contributed by atoms with Crippen LogP contribution in [0.3, 0.4) is 0 Å². The van der Waals surface area contributed by atoms with E-state index in [0.29, 0.717) is 0 Å². The van der Waals surface area contributed by atoms with E-state index in [-0.39, 0.29) is 30.1 Å². The van der Waals surface area contributed by atoms with E-state index in [1.54, 1.807) is 0 Å². The Bertz CT molecular complexity index is 331. The van der Waals surface area contributed by atoms with Crippen molar-refractivity contribution >= 4 is 6.03 Å². The lowest BCUT2D eigenvalue weighted by Crippen LogP contribution is -2.49. The van der Waals surface area contributed by atoms with Gasteiger partial charge in [0, 0.05) is 12.6 Å². The number of amides is 2. The monoisotopic (exact) mass is 313 g/mol. The van der Waals surface area contributed by atoms with E-state index in [0.717, 1.165) is 31.7 Å². The van der Waals surface area contributed by atoms with Gasteiger partial charge < -0.3 is 20.6 Å². The second kappa shape index (κ2) is 8.73. The summed E-state index contributed by atoms with van der Waals surface area (Å²) in [5, 5.41) is 15.4. The fourth-order valence-electron chi connectivity index (χ4n) is 3.32. The summed E-state index contributed by atoms with van der Waals surface area (Å²) in [6.07, 6.45) is 5.22. The molecule has 5 heteroatoms. The zero-order valence-electron chi connectivity index (χ0n) is 15.0. The molecule has 0 saturated heterocycles. The van der Waals surface area contributed by atoms with E-state index in [1.165, 1.54) is 12.8 Å². The van der Waals surface area contributed by atoms with Crippen molar-refractivity contribution in [3.05, 3.63) is 0 Å². The maximum Gasteiger partial charge on any atom is 0.315 e. The van der Waals surface area contributed by atoms with Crippen LogP contribution >= 0.6 is 0 Å². The molecule has 0 heterocycles. The van der Waals surface area contributed by atoms with Crippen LogP contribution in [0.4, 0.5) is 4.79 Å². The van der Waals surface area contributed by atoms with Crippen LogP contribution in [-0.2, 0) is 0 Å². The lowest BCUT2D eigenvalue weighted by Gasteiger charge is -2.31. The molecule has 0 aromatic heterocycles. The molecular formula is C17H35N3O2. The molecule has 130 valence electrons. The van der Waals surface area contributed by atoms with Crippen molar-refractivity contribution in [3.63, 3.8) is 0 Å². The van der Waals surface area contributed by atoms with Gasteiger partial charge in [-0.2, -0.15) is 0 Å². The Labute approximate surface area is 135 Å². The fourth-order valence-corrected chi connectivity index (χ4v) is 3.32. The van der Waals surface area contributed by atoms with E-state index < -0.39 is 0 Å². The summed E-state index contributed by atoms with van der Waals surface area (Å²) >= 11 is 0. The van der Waals surface area contributed by atoms with Crippen molar-refractivity contribution in [2.24, 2.45) is 11.3 Å². The first-order valence-electron chi connectivity index (χ1n) is 8.52. The van der Waals surface area contributed by atoms with Crippen LogP contribution in [0.15, 0.2) is 0 Å². The number of carbonyl (C=O) groups is 1. The van der Waals surface area contributed by atoms with Crippen molar-refractivity contribution in [2.75, 3.05) is 27.2 Å². The van der Waals surface area contributed by atoms with Crippen molar-refractivity contribution < 1.29 is 9.90 Å². The van der Waals surface area contributed by atoms with Crippen molar-refractivity contribution in [3.8, 4) is 0 Å². The summed E-state index contributed by atoms with van der Waals surface area (Å²) in [7, 11) is 4.23. The summed E-state index contributed by atoms with van der Waals surface area (Å²) in [4.78, 5) is 14.3. The predicted molar refractivity (Wildman–Crippen MR) is 90.9 cm³/mol. The average molecular weight is 313 g/mol. The fraction of sp³-hybridized carbons (Fsp3) is 0.941. The third kappa shape index (κ3) is 7.99. The second-order valence-electron chi connectivity index (χ2n) is 8.24. The SMILES string of the molecule is CN(C)CC1CCC(NC(=O)NC(CO)CC(C)(C)C)CC1. The van der Waals surface area contributed by atoms with E-state index in [4.69, 9.17) is 0 Å². The molecule has 1 saturated carbocycles. The molecule has 1 aliphatic rings. The highest BCUT2D eigenvalue weighted by Gasteiger charge is 2.24. The maximum absolute atomic E-state index is 12.1. The van der Waals surface area contributed by atoms with E-state index in [2.05, 4.69) is 50.4 Å². The summed E-state index contributed by atoms with van der Waals surface area (Å²) < 4.78 is 0. The van der Waals surface area contributed by atoms with Crippen LogP contribution in [0.1, 0.15) is 52.9 Å². The largest absolute Gasteiger partial charge is 0.394 e. The Kier molecular flexibility index (Phi) is 7.63. The number of aliphatic hydroxyl groups excluding tert-OH is 1. The van der Waals surface area contributed by atoms with Gasteiger partial charge in [0.2, 0.25) is 0 Å². The maximum atomic E-state index is 12.1. The number of nitrogens with zero attached hydrogens (tertiary/aromatic N) is 1. The van der Waals surface area contributed by atoms with E-state index in [9.17, 15) is 9.90 Å². The number of hydrogen-bond acceptors (Lipinski definition) is 3. The van der Waals surface area contributed by atoms with Gasteiger partial charge in [0.25, 0.3) is 0 Å². The molecule has 0 aliphatic heterocycles. The van der Waals surface area contributed by atoms with Crippen LogP contribution in [0.2, 0.25) is 0 Å². The molecule has 1 fully saturated rings. The van der Waals surface area contributed by atoms with Crippen LogP contribution < -0.4 is 10.6 Å². The molecule has 1 aliphatic carbocycles. The minimum Gasteiger partial charge on any atom is -0.394 e. The molecule has 0 bridgehead atoms. The average Bonchev–Trinajstić information content (AvgIpc) is 2.38. The van der Waals surface area contributed by atoms with Gasteiger partial charge in [0.1, 0.15) is 0 Å². The number of aliphatic hydroxyl groups is 1. The number of urea groups is 1. The molecule has 22 heavy (non-hydrogen) atoms. The number of carbonyl (C=O) groups excluding carboxylic acids is 1. The first-order chi connectivity index (χ1) is 10.2. The molecule has 0 radical (unpaired) electrons. The van der Waals surface area contributed by atoms with Gasteiger partial charge in [0.15, 0.2) is 0 Å². The lowest BCUT2D eigenvalue weighted by atomic mass is 9.86. The summed E-state index contributed by atoms with van der Waals surface area (Å²) in [5.41, 5.74) is 0.0882. The molecule has 1 atom stereocenters. The third-order valence-corrected chi connectivity index (χ3v) is 4.22. The topological polar surface area (TPSA) is 64.6 Å². The van der Waals surface area contributed by atoms with Crippen LogP contribution in [-0.4, -0.2) is 55.4 Å². The second-order valence-corrected chi connectivity index (χ2v) is 8.24. The Morgan fingerprint density at radius 3 is 2.27 bits per heavy atom. The van der Waals surface area contributed by atoms with Gasteiger partial charge in [0.05, 0.1) is 12.6 Å². The van der Waals surface area contributed by atoms with Gasteiger partial charge in [-0.15, -0.1) is 0 Å². The molecule has 0 aromatic rings. The highest BCUT2D eigenvalue weighted by molar-refractivity contribution is 5.74. The summed E-state index contributed by atoms with van der Waals surface area (Å²) in [5.74, 6) is 0.752. The van der Waals surface area contributed by atoms with Gasteiger partial charge >= 0.3 is 6.03 Å². The van der Waals surface area contributed by atoms with E-state index in [1.807, 2.05) is 0 Å². The van der Waals surface area contributed by atoms with Gasteiger partial charge in [-0.1, -0.05) is 20.8 Å². The zero-order valence-corrected chi connectivity index (χ0v) is 15.0. The Morgan fingerprint density at radius 2 is 1.82 bits per heavy atom. The van der Waals surface area contributed by atoms with Crippen LogP contribution in [0, 0.1) is 11.3 Å². The molecular weight excluding hydrogens is 278 g/mol. The molecule has 1 rings (SSSR count). The molecule has 2 amide bonds. The predicted octanol–water partition coefficient (Wildman–Crippen LogP) is 2.20. The number of nitrogens with one attached hydrogen (secondary N) is 2. The van der Waals surface area contributed by atoms with Crippen LogP contribution in [0.5, 0.6) is 0 Å². The minimum absolute atomic E-state index is 0.0136. The van der Waals surface area contributed by atoms with Gasteiger partial charge in [-0.05, 0) is 57.5 Å². The summed E-state index contributed by atoms with van der Waals surface area (Å²) in [6.45, 7) is 7.46. The number of rotatable bonds is 6. The normalized spacial score (nSPS) is 24.1. The van der Waals surface area contributed by atoms with E-state index >= 15 is 0 Å². The zero-order chi connectivity index (χ0) is 16.8. The molecule has 3 N–H and O–H groups in total. The first-order valence-corrected chi connectivity index (χ1v) is 8.52. The first kappa shape index (κ1) is 19.2. The molecule has 5 nitrogen and oxygen atoms in total. The molecule has 0 aromatic carbocycles. The number of hydrogen-bond donors (Lipinski definition) is 3. The standard InChI is InChI=1S/C17H35N3O2/c1-17(2,3)10-15(12-21)19-16(22)18-14-8-6-13(7-9-14)11-20(4)5/h13-15,21H,6-12H2,1-5H3,(H2,18,19,22). The highest BCUT2D eigenvalue weighted by Crippen LogP contribution is 2.25. The van der Waals surface area contributed by atoms with Crippen molar-refractivity contribution in [1.82, 2.24) is 15.5 Å². The Balaban J connectivity index is 2.31. The third-order valence-electron chi connectivity index (χ3n) is 4.22. The molecule has 0 spiro atoms.